The molecule has 2 aromatic rings. The number of rotatable bonds is 11. The molecule has 33 heavy (non-hydrogen) atoms. The van der Waals surface area contributed by atoms with E-state index in [2.05, 4.69) is 5.32 Å². The number of amides is 2. The van der Waals surface area contributed by atoms with Crippen LogP contribution in [0.3, 0.4) is 0 Å². The van der Waals surface area contributed by atoms with Gasteiger partial charge >= 0.3 is 0 Å². The highest BCUT2D eigenvalue weighted by Crippen LogP contribution is 2.20. The molecule has 0 aliphatic heterocycles. The molecule has 0 radical (unpaired) electrons. The Labute approximate surface area is 198 Å². The summed E-state index contributed by atoms with van der Waals surface area (Å²) in [6.07, 6.45) is 7.19. The summed E-state index contributed by atoms with van der Waals surface area (Å²) in [6.45, 7) is 4.93. The molecule has 1 fully saturated rings. The number of nitrogens with zero attached hydrogens (tertiary/aromatic N) is 1. The molecule has 0 saturated heterocycles. The van der Waals surface area contributed by atoms with Crippen molar-refractivity contribution < 1.29 is 14.3 Å². The van der Waals surface area contributed by atoms with Crippen LogP contribution >= 0.6 is 0 Å². The molecule has 2 amide bonds. The van der Waals surface area contributed by atoms with E-state index in [1.807, 2.05) is 68.4 Å². The average Bonchev–Trinajstić information content (AvgIpc) is 2.84. The maximum Gasteiger partial charge on any atom is 0.243 e. The molecule has 0 spiro atoms. The molecule has 0 unspecified atom stereocenters. The second-order valence-corrected chi connectivity index (χ2v) is 9.04. The first kappa shape index (κ1) is 24.8. The maximum atomic E-state index is 13.3. The van der Waals surface area contributed by atoms with Gasteiger partial charge in [0.15, 0.2) is 0 Å². The number of aryl methyl sites for hydroxylation is 1. The first-order valence-corrected chi connectivity index (χ1v) is 12.4. The number of nitrogens with one attached hydrogen (secondary N) is 1. The summed E-state index contributed by atoms with van der Waals surface area (Å²) >= 11 is 0. The van der Waals surface area contributed by atoms with Crippen molar-refractivity contribution in [2.24, 2.45) is 0 Å². The van der Waals surface area contributed by atoms with Gasteiger partial charge in [-0.15, -0.1) is 0 Å². The van der Waals surface area contributed by atoms with Crippen LogP contribution in [0.5, 0.6) is 5.75 Å². The summed E-state index contributed by atoms with van der Waals surface area (Å²) < 4.78 is 5.79. The summed E-state index contributed by atoms with van der Waals surface area (Å²) in [5, 5.41) is 3.23. The highest BCUT2D eigenvalue weighted by Gasteiger charge is 2.30. The molecule has 0 aromatic heterocycles. The Kier molecular flexibility index (Phi) is 9.79. The van der Waals surface area contributed by atoms with Gasteiger partial charge < -0.3 is 15.0 Å². The van der Waals surface area contributed by atoms with Crippen molar-refractivity contribution in [2.45, 2.75) is 83.8 Å². The number of carbonyl (C=O) groups is 2. The van der Waals surface area contributed by atoms with Crippen LogP contribution in [-0.4, -0.2) is 35.4 Å². The zero-order valence-electron chi connectivity index (χ0n) is 20.1. The van der Waals surface area contributed by atoms with Crippen LogP contribution in [0.2, 0.25) is 0 Å². The Morgan fingerprint density at radius 1 is 1.03 bits per heavy atom. The van der Waals surface area contributed by atoms with Crippen LogP contribution in [0.1, 0.15) is 69.4 Å². The third kappa shape index (κ3) is 7.92. The lowest BCUT2D eigenvalue weighted by molar-refractivity contribution is -0.142. The van der Waals surface area contributed by atoms with Crippen molar-refractivity contribution in [3.63, 3.8) is 0 Å². The lowest BCUT2D eigenvalue weighted by Crippen LogP contribution is -2.51. The largest absolute Gasteiger partial charge is 0.494 e. The van der Waals surface area contributed by atoms with E-state index >= 15 is 0 Å². The molecule has 3 rings (SSSR count). The fraction of sp³-hybridized carbons (Fsp3) is 0.500. The van der Waals surface area contributed by atoms with Crippen molar-refractivity contribution in [1.29, 1.82) is 0 Å². The fourth-order valence-electron chi connectivity index (χ4n) is 4.44. The third-order valence-electron chi connectivity index (χ3n) is 6.36. The minimum atomic E-state index is -0.461. The van der Waals surface area contributed by atoms with Crippen LogP contribution < -0.4 is 10.1 Å². The number of benzene rings is 2. The first-order chi connectivity index (χ1) is 16.1. The molecule has 0 heterocycles. The van der Waals surface area contributed by atoms with Gasteiger partial charge in [-0.05, 0) is 50.3 Å². The monoisotopic (exact) mass is 450 g/mol. The van der Waals surface area contributed by atoms with Crippen LogP contribution in [-0.2, 0) is 16.1 Å². The molecule has 1 aliphatic carbocycles. The topological polar surface area (TPSA) is 58.6 Å². The average molecular weight is 451 g/mol. The van der Waals surface area contributed by atoms with Crippen LogP contribution in [0.4, 0.5) is 0 Å². The molecule has 1 aliphatic rings. The van der Waals surface area contributed by atoms with Crippen LogP contribution in [0.25, 0.3) is 0 Å². The molecule has 5 heteroatoms. The van der Waals surface area contributed by atoms with Crippen molar-refractivity contribution >= 4 is 11.8 Å². The summed E-state index contributed by atoms with van der Waals surface area (Å²) in [4.78, 5) is 28.2. The van der Waals surface area contributed by atoms with E-state index in [-0.39, 0.29) is 17.9 Å². The highest BCUT2D eigenvalue weighted by molar-refractivity contribution is 5.87. The molecule has 5 nitrogen and oxygen atoms in total. The molecule has 1 atom stereocenters. The van der Waals surface area contributed by atoms with Gasteiger partial charge in [-0.2, -0.15) is 0 Å². The smallest absolute Gasteiger partial charge is 0.243 e. The van der Waals surface area contributed by atoms with Crippen molar-refractivity contribution in [3.05, 3.63) is 65.7 Å². The molecule has 1 saturated carbocycles. The van der Waals surface area contributed by atoms with Crippen molar-refractivity contribution in [3.8, 4) is 5.75 Å². The molecule has 2 aromatic carbocycles. The Bertz CT molecular complexity index is 860. The standard InChI is InChI=1S/C28H38N2O3/c1-3-26(28(32)29-24-13-8-5-9-14-24)30(21-23-11-6-4-7-12-23)27(31)15-10-20-33-25-18-16-22(2)17-19-25/h4,6-7,11-12,16-19,24,26H,3,5,8-10,13-15,20-21H2,1-2H3,(H,29,32)/t26-/m1/s1. The molecular weight excluding hydrogens is 412 g/mol. The number of hydrogen-bond acceptors (Lipinski definition) is 3. The van der Waals surface area contributed by atoms with E-state index in [4.69, 9.17) is 4.74 Å². The second kappa shape index (κ2) is 13.0. The fourth-order valence-corrected chi connectivity index (χ4v) is 4.44. The minimum Gasteiger partial charge on any atom is -0.494 e. The summed E-state index contributed by atoms with van der Waals surface area (Å²) in [7, 11) is 0. The lowest BCUT2D eigenvalue weighted by Gasteiger charge is -2.33. The van der Waals surface area contributed by atoms with E-state index < -0.39 is 6.04 Å². The predicted octanol–water partition coefficient (Wildman–Crippen LogP) is 5.41. The number of hydrogen-bond donors (Lipinski definition) is 1. The number of ether oxygens (including phenoxy) is 1. The highest BCUT2D eigenvalue weighted by atomic mass is 16.5. The Morgan fingerprint density at radius 2 is 1.73 bits per heavy atom. The summed E-state index contributed by atoms with van der Waals surface area (Å²) in [5.41, 5.74) is 2.22. The predicted molar refractivity (Wildman–Crippen MR) is 132 cm³/mol. The van der Waals surface area contributed by atoms with E-state index in [0.717, 1.165) is 37.0 Å². The first-order valence-electron chi connectivity index (χ1n) is 12.4. The maximum absolute atomic E-state index is 13.3. The Balaban J connectivity index is 1.61. The zero-order chi connectivity index (χ0) is 23.5. The Morgan fingerprint density at radius 3 is 2.39 bits per heavy atom. The van der Waals surface area contributed by atoms with Gasteiger partial charge in [0.25, 0.3) is 0 Å². The Hall–Kier alpha value is -2.82. The van der Waals surface area contributed by atoms with Crippen molar-refractivity contribution in [1.82, 2.24) is 10.2 Å². The zero-order valence-corrected chi connectivity index (χ0v) is 20.1. The third-order valence-corrected chi connectivity index (χ3v) is 6.36. The van der Waals surface area contributed by atoms with Gasteiger partial charge in [-0.3, -0.25) is 9.59 Å². The summed E-state index contributed by atoms with van der Waals surface area (Å²) in [5.74, 6) is 0.786. The summed E-state index contributed by atoms with van der Waals surface area (Å²) in [6, 6.07) is 17.6. The normalized spacial score (nSPS) is 15.0. The van der Waals surface area contributed by atoms with Gasteiger partial charge in [-0.25, -0.2) is 0 Å². The van der Waals surface area contributed by atoms with Crippen LogP contribution in [0.15, 0.2) is 54.6 Å². The lowest BCUT2D eigenvalue weighted by atomic mass is 9.95. The van der Waals surface area contributed by atoms with Gasteiger partial charge in [-0.1, -0.05) is 74.2 Å². The molecule has 0 bridgehead atoms. The van der Waals surface area contributed by atoms with E-state index in [0.29, 0.717) is 32.4 Å². The molecular formula is C28H38N2O3. The van der Waals surface area contributed by atoms with Crippen molar-refractivity contribution in [2.75, 3.05) is 6.61 Å². The SMILES string of the molecule is CC[C@H](C(=O)NC1CCCCC1)N(Cc1ccccc1)C(=O)CCCOc1ccc(C)cc1. The second-order valence-electron chi connectivity index (χ2n) is 9.04. The molecule has 1 N–H and O–H groups in total. The van der Waals surface area contributed by atoms with E-state index in [9.17, 15) is 9.59 Å². The quantitative estimate of drug-likeness (QED) is 0.466. The molecule has 178 valence electrons. The van der Waals surface area contributed by atoms with Gasteiger partial charge in [0.05, 0.1) is 6.61 Å². The minimum absolute atomic E-state index is 0.00277. The van der Waals surface area contributed by atoms with Gasteiger partial charge in [0.1, 0.15) is 11.8 Å². The van der Waals surface area contributed by atoms with Gasteiger partial charge in [0, 0.05) is 19.0 Å². The number of carbonyl (C=O) groups excluding carboxylic acids is 2. The van der Waals surface area contributed by atoms with Gasteiger partial charge in [0.2, 0.25) is 11.8 Å². The van der Waals surface area contributed by atoms with E-state index in [1.54, 1.807) is 4.90 Å². The van der Waals surface area contributed by atoms with E-state index in [1.165, 1.54) is 12.0 Å². The van der Waals surface area contributed by atoms with Crippen LogP contribution in [0, 0.1) is 6.92 Å².